The van der Waals surface area contributed by atoms with Gasteiger partial charge in [0.15, 0.2) is 15.8 Å². The van der Waals surface area contributed by atoms with Crippen molar-refractivity contribution in [2.45, 2.75) is 30.8 Å². The summed E-state index contributed by atoms with van der Waals surface area (Å²) >= 11 is 0. The van der Waals surface area contributed by atoms with E-state index in [1.165, 1.54) is 0 Å². The quantitative estimate of drug-likeness (QED) is 0.356. The topological polar surface area (TPSA) is 83.5 Å². The summed E-state index contributed by atoms with van der Waals surface area (Å²) in [5.74, 6) is 0.568. The molecule has 2 aromatic rings. The zero-order valence-corrected chi connectivity index (χ0v) is 18.1. The molecular weight excluding hydrogens is 463 g/mol. The molecule has 0 aliphatic heterocycles. The van der Waals surface area contributed by atoms with E-state index in [1.807, 2.05) is 25.1 Å². The van der Waals surface area contributed by atoms with Gasteiger partial charge in [0.05, 0.1) is 22.9 Å². The van der Waals surface area contributed by atoms with Crippen LogP contribution in [0.15, 0.2) is 64.6 Å². The monoisotopic (exact) mass is 488 g/mol. The van der Waals surface area contributed by atoms with Crippen molar-refractivity contribution in [3.63, 3.8) is 0 Å². The molecule has 0 radical (unpaired) electrons. The summed E-state index contributed by atoms with van der Waals surface area (Å²) in [6, 6.07) is 14.0. The first-order valence-electron chi connectivity index (χ1n) is 8.20. The molecule has 26 heavy (non-hydrogen) atoms. The largest absolute Gasteiger partial charge is 0.353 e. The molecule has 1 unspecified atom stereocenters. The lowest BCUT2D eigenvalue weighted by Crippen LogP contribution is -2.45. The van der Waals surface area contributed by atoms with Crippen LogP contribution in [0.2, 0.25) is 0 Å². The lowest BCUT2D eigenvalue weighted by molar-refractivity contribution is 0.568. The maximum Gasteiger partial charge on any atom is 0.191 e. The van der Waals surface area contributed by atoms with Crippen LogP contribution >= 0.6 is 24.0 Å². The number of hydrogen-bond donors (Lipinski definition) is 2. The van der Waals surface area contributed by atoms with Crippen molar-refractivity contribution in [2.75, 3.05) is 12.8 Å². The average molecular weight is 488 g/mol. The van der Waals surface area contributed by atoms with Gasteiger partial charge < -0.3 is 10.6 Å². The maximum atomic E-state index is 12.5. The Balaban J connectivity index is 0.00000338. The number of halogens is 1. The fraction of sp³-hybridized carbons (Fsp3) is 0.333. The summed E-state index contributed by atoms with van der Waals surface area (Å²) in [6.45, 7) is 2.46. The van der Waals surface area contributed by atoms with Crippen LogP contribution < -0.4 is 10.6 Å². The minimum Gasteiger partial charge on any atom is -0.353 e. The van der Waals surface area contributed by atoms with Crippen molar-refractivity contribution < 1.29 is 8.42 Å². The third kappa shape index (κ3) is 6.91. The van der Waals surface area contributed by atoms with Gasteiger partial charge in [-0.05, 0) is 30.7 Å². The lowest BCUT2D eigenvalue weighted by Gasteiger charge is -2.20. The Bertz CT molecular complexity index is 783. The molecule has 0 amide bonds. The van der Waals surface area contributed by atoms with Gasteiger partial charge >= 0.3 is 0 Å². The van der Waals surface area contributed by atoms with E-state index in [1.54, 1.807) is 43.6 Å². The molecule has 6 nitrogen and oxygen atoms in total. The molecule has 0 fully saturated rings. The van der Waals surface area contributed by atoms with E-state index in [9.17, 15) is 8.42 Å². The zero-order chi connectivity index (χ0) is 18.1. The first kappa shape index (κ1) is 22.4. The molecule has 1 aromatic carbocycles. The predicted octanol–water partition coefficient (Wildman–Crippen LogP) is 2.62. The number of nitrogens with one attached hydrogen (secondary N) is 2. The fourth-order valence-electron chi connectivity index (χ4n) is 2.32. The van der Waals surface area contributed by atoms with E-state index in [2.05, 4.69) is 20.6 Å². The van der Waals surface area contributed by atoms with Crippen molar-refractivity contribution in [2.24, 2.45) is 4.99 Å². The lowest BCUT2D eigenvalue weighted by atomic mass is 10.2. The standard InChI is InChI=1S/C18H24N4O2S.HI/c1-3-15(14-25(23,24)17-10-5-4-6-11-17)22-18(19-2)21-13-16-9-7-8-12-20-16;/h4-12,15H,3,13-14H2,1-2H3,(H2,19,21,22);1H. The fourth-order valence-corrected chi connectivity index (χ4v) is 3.93. The minimum atomic E-state index is -3.35. The van der Waals surface area contributed by atoms with Gasteiger partial charge in [-0.2, -0.15) is 0 Å². The van der Waals surface area contributed by atoms with Crippen LogP contribution in [0, 0.1) is 0 Å². The molecule has 142 valence electrons. The molecule has 1 heterocycles. The Kier molecular flexibility index (Phi) is 9.57. The molecule has 2 rings (SSSR count). The van der Waals surface area contributed by atoms with Crippen LogP contribution in [0.4, 0.5) is 0 Å². The van der Waals surface area contributed by atoms with Crippen molar-refractivity contribution in [1.29, 1.82) is 0 Å². The number of rotatable bonds is 7. The number of pyridine rings is 1. The van der Waals surface area contributed by atoms with Crippen molar-refractivity contribution in [1.82, 2.24) is 15.6 Å². The third-order valence-corrected chi connectivity index (χ3v) is 5.57. The van der Waals surface area contributed by atoms with Crippen molar-refractivity contribution in [3.8, 4) is 0 Å². The smallest absolute Gasteiger partial charge is 0.191 e. The van der Waals surface area contributed by atoms with E-state index in [0.29, 0.717) is 23.8 Å². The summed E-state index contributed by atoms with van der Waals surface area (Å²) in [4.78, 5) is 8.75. The number of nitrogens with zero attached hydrogens (tertiary/aromatic N) is 2. The van der Waals surface area contributed by atoms with Crippen molar-refractivity contribution >= 4 is 39.8 Å². The van der Waals surface area contributed by atoms with Crippen LogP contribution in [0.1, 0.15) is 19.0 Å². The van der Waals surface area contributed by atoms with Gasteiger partial charge in [-0.25, -0.2) is 8.42 Å². The van der Waals surface area contributed by atoms with Crippen LogP contribution in [0.25, 0.3) is 0 Å². The second-order valence-corrected chi connectivity index (χ2v) is 7.63. The highest BCUT2D eigenvalue weighted by Crippen LogP contribution is 2.12. The Morgan fingerprint density at radius 3 is 2.42 bits per heavy atom. The summed E-state index contributed by atoms with van der Waals surface area (Å²) < 4.78 is 25.1. The van der Waals surface area contributed by atoms with Crippen LogP contribution in [0.5, 0.6) is 0 Å². The Labute approximate surface area is 172 Å². The van der Waals surface area contributed by atoms with E-state index >= 15 is 0 Å². The number of sulfone groups is 1. The number of guanidine groups is 1. The normalized spacial score (nSPS) is 12.8. The molecular formula is C18H25IN4O2S. The molecule has 0 aliphatic carbocycles. The van der Waals surface area contributed by atoms with Gasteiger partial charge in [-0.1, -0.05) is 31.2 Å². The molecule has 1 aromatic heterocycles. The van der Waals surface area contributed by atoms with Gasteiger partial charge in [0.25, 0.3) is 0 Å². The molecule has 1 atom stereocenters. The molecule has 0 saturated heterocycles. The van der Waals surface area contributed by atoms with Gasteiger partial charge in [0.1, 0.15) is 0 Å². The highest BCUT2D eigenvalue weighted by Gasteiger charge is 2.20. The molecule has 0 aliphatic rings. The highest BCUT2D eigenvalue weighted by molar-refractivity contribution is 14.0. The maximum absolute atomic E-state index is 12.5. The molecule has 2 N–H and O–H groups in total. The SMILES string of the molecule is CCC(CS(=O)(=O)c1ccccc1)NC(=NC)NCc1ccccn1.I. The van der Waals surface area contributed by atoms with E-state index < -0.39 is 9.84 Å². The van der Waals surface area contributed by atoms with E-state index in [0.717, 1.165) is 5.69 Å². The number of aliphatic imine (C=N–C) groups is 1. The highest BCUT2D eigenvalue weighted by atomic mass is 127. The average Bonchev–Trinajstić information content (AvgIpc) is 2.65. The third-order valence-electron chi connectivity index (χ3n) is 3.74. The number of benzene rings is 1. The Morgan fingerprint density at radius 1 is 1.15 bits per heavy atom. The van der Waals surface area contributed by atoms with Gasteiger partial charge in [-0.15, -0.1) is 24.0 Å². The zero-order valence-electron chi connectivity index (χ0n) is 14.9. The van der Waals surface area contributed by atoms with E-state index in [-0.39, 0.29) is 35.8 Å². The molecule has 8 heteroatoms. The molecule has 0 spiro atoms. The molecule has 0 bridgehead atoms. The second-order valence-electron chi connectivity index (χ2n) is 5.59. The summed E-state index contributed by atoms with van der Waals surface area (Å²) in [5.41, 5.74) is 0.885. The van der Waals surface area contributed by atoms with E-state index in [4.69, 9.17) is 0 Å². The predicted molar refractivity (Wildman–Crippen MR) is 116 cm³/mol. The first-order chi connectivity index (χ1) is 12.0. The van der Waals surface area contributed by atoms with Gasteiger partial charge in [0.2, 0.25) is 0 Å². The Hall–Kier alpha value is -1.68. The Morgan fingerprint density at radius 2 is 1.85 bits per heavy atom. The number of hydrogen-bond acceptors (Lipinski definition) is 4. The van der Waals surface area contributed by atoms with Crippen molar-refractivity contribution in [3.05, 3.63) is 60.4 Å². The first-order valence-corrected chi connectivity index (χ1v) is 9.85. The van der Waals surface area contributed by atoms with Gasteiger partial charge in [0, 0.05) is 19.3 Å². The van der Waals surface area contributed by atoms with Crippen LogP contribution in [0.3, 0.4) is 0 Å². The molecule has 0 saturated carbocycles. The van der Waals surface area contributed by atoms with Gasteiger partial charge in [-0.3, -0.25) is 9.98 Å². The number of aromatic nitrogens is 1. The minimum absolute atomic E-state index is 0. The second kappa shape index (κ2) is 11.1. The summed E-state index contributed by atoms with van der Waals surface area (Å²) in [5, 5.41) is 6.34. The summed E-state index contributed by atoms with van der Waals surface area (Å²) in [7, 11) is -1.69. The van der Waals surface area contributed by atoms with Crippen LogP contribution in [-0.4, -0.2) is 38.2 Å². The van der Waals surface area contributed by atoms with Crippen LogP contribution in [-0.2, 0) is 16.4 Å². The summed E-state index contributed by atoms with van der Waals surface area (Å²) in [6.07, 6.45) is 2.39.